The number of rotatable bonds is 3. The number of nitrogens with zero attached hydrogens (tertiary/aromatic N) is 2. The Morgan fingerprint density at radius 2 is 2.18 bits per heavy atom. The van der Waals surface area contributed by atoms with Gasteiger partial charge in [-0.15, -0.1) is 0 Å². The van der Waals surface area contributed by atoms with Crippen LogP contribution in [0.5, 0.6) is 0 Å². The molecule has 0 aromatic rings. The van der Waals surface area contributed by atoms with E-state index in [0.29, 0.717) is 19.0 Å². The Morgan fingerprint density at radius 1 is 1.53 bits per heavy atom. The maximum absolute atomic E-state index is 12.5. The van der Waals surface area contributed by atoms with E-state index in [0.717, 1.165) is 12.8 Å². The zero-order chi connectivity index (χ0) is 13.1. The topological polar surface area (TPSA) is 53.0 Å². The van der Waals surface area contributed by atoms with Crippen molar-refractivity contribution in [2.75, 3.05) is 19.6 Å². The normalized spacial score (nSPS) is 28.7. The van der Waals surface area contributed by atoms with Crippen LogP contribution in [0.15, 0.2) is 0 Å². The predicted octanol–water partition coefficient (Wildman–Crippen LogP) is 1.75. The number of hydrogen-bond acceptors (Lipinski definition) is 3. The highest BCUT2D eigenvalue weighted by molar-refractivity contribution is 4.93. The van der Waals surface area contributed by atoms with E-state index < -0.39 is 12.1 Å². The SMILES string of the molecule is CC1CCN(CC(C#N)C(F)(F)F)C(CN)C1. The van der Waals surface area contributed by atoms with Gasteiger partial charge in [-0.25, -0.2) is 0 Å². The van der Waals surface area contributed by atoms with Crippen LogP contribution < -0.4 is 5.73 Å². The summed E-state index contributed by atoms with van der Waals surface area (Å²) in [5.74, 6) is -1.42. The van der Waals surface area contributed by atoms with E-state index in [9.17, 15) is 13.2 Å². The van der Waals surface area contributed by atoms with Gasteiger partial charge in [0.05, 0.1) is 6.07 Å². The van der Waals surface area contributed by atoms with Gasteiger partial charge in [-0.2, -0.15) is 18.4 Å². The first-order valence-electron chi connectivity index (χ1n) is 5.79. The molecule has 3 atom stereocenters. The zero-order valence-corrected chi connectivity index (χ0v) is 9.87. The van der Waals surface area contributed by atoms with Crippen LogP contribution >= 0.6 is 0 Å². The molecule has 0 saturated carbocycles. The van der Waals surface area contributed by atoms with Gasteiger partial charge in [0.2, 0.25) is 0 Å². The highest BCUT2D eigenvalue weighted by Gasteiger charge is 2.42. The minimum absolute atomic E-state index is 0.0306. The van der Waals surface area contributed by atoms with Crippen LogP contribution in [0, 0.1) is 23.2 Å². The van der Waals surface area contributed by atoms with E-state index in [1.165, 1.54) is 6.07 Å². The largest absolute Gasteiger partial charge is 0.405 e. The Bertz CT molecular complexity index is 285. The van der Waals surface area contributed by atoms with Crippen molar-refractivity contribution in [2.45, 2.75) is 32.0 Å². The smallest absolute Gasteiger partial charge is 0.329 e. The summed E-state index contributed by atoms with van der Waals surface area (Å²) in [6.45, 7) is 2.76. The van der Waals surface area contributed by atoms with Crippen LogP contribution in [-0.4, -0.2) is 36.8 Å². The Kier molecular flexibility index (Phi) is 4.78. The maximum atomic E-state index is 12.5. The van der Waals surface area contributed by atoms with Gasteiger partial charge in [0, 0.05) is 19.1 Å². The lowest BCUT2D eigenvalue weighted by atomic mass is 9.91. The second-order valence-corrected chi connectivity index (χ2v) is 4.74. The van der Waals surface area contributed by atoms with Gasteiger partial charge in [-0.1, -0.05) is 6.92 Å². The third-order valence-electron chi connectivity index (χ3n) is 3.34. The van der Waals surface area contributed by atoms with E-state index in [1.807, 2.05) is 0 Å². The maximum Gasteiger partial charge on any atom is 0.405 e. The lowest BCUT2D eigenvalue weighted by molar-refractivity contribution is -0.165. The standard InChI is InChI=1S/C11H18F3N3/c1-8-2-3-17(10(4-8)6-16)7-9(5-15)11(12,13)14/h8-10H,2-4,6-7,16H2,1H3. The molecule has 1 heterocycles. The number of nitrogens with two attached hydrogens (primary N) is 1. The Hall–Kier alpha value is -0.800. The van der Waals surface area contributed by atoms with E-state index in [1.54, 1.807) is 4.90 Å². The molecule has 1 fully saturated rings. The van der Waals surface area contributed by atoms with Crippen LogP contribution in [0.4, 0.5) is 13.2 Å². The van der Waals surface area contributed by atoms with E-state index in [2.05, 4.69) is 6.92 Å². The molecule has 2 N–H and O–H groups in total. The average molecular weight is 249 g/mol. The molecular formula is C11H18F3N3. The van der Waals surface area contributed by atoms with Gasteiger partial charge in [0.25, 0.3) is 0 Å². The van der Waals surface area contributed by atoms with Gasteiger partial charge in [0.15, 0.2) is 5.92 Å². The number of likely N-dealkylation sites (tertiary alicyclic amines) is 1. The van der Waals surface area contributed by atoms with Crippen molar-refractivity contribution in [2.24, 2.45) is 17.6 Å². The highest BCUT2D eigenvalue weighted by Crippen LogP contribution is 2.29. The van der Waals surface area contributed by atoms with Crippen LogP contribution in [0.1, 0.15) is 19.8 Å². The van der Waals surface area contributed by atoms with Gasteiger partial charge in [-0.05, 0) is 25.3 Å². The second-order valence-electron chi connectivity index (χ2n) is 4.74. The summed E-state index contributed by atoms with van der Waals surface area (Å²) in [4.78, 5) is 1.71. The molecule has 0 radical (unpaired) electrons. The third-order valence-corrected chi connectivity index (χ3v) is 3.34. The first kappa shape index (κ1) is 14.3. The quantitative estimate of drug-likeness (QED) is 0.829. The molecule has 1 saturated heterocycles. The summed E-state index contributed by atoms with van der Waals surface area (Å²) in [7, 11) is 0. The predicted molar refractivity (Wildman–Crippen MR) is 58.0 cm³/mol. The van der Waals surface area contributed by atoms with Crippen LogP contribution in [0.25, 0.3) is 0 Å². The Morgan fingerprint density at radius 3 is 2.65 bits per heavy atom. The molecule has 0 aromatic carbocycles. The fraction of sp³-hybridized carbons (Fsp3) is 0.909. The number of halogens is 3. The summed E-state index contributed by atoms with van der Waals surface area (Å²) in [6.07, 6.45) is -2.77. The fourth-order valence-electron chi connectivity index (χ4n) is 2.24. The molecule has 0 aromatic heterocycles. The molecule has 3 nitrogen and oxygen atoms in total. The van der Waals surface area contributed by atoms with Crippen LogP contribution in [0.2, 0.25) is 0 Å². The van der Waals surface area contributed by atoms with E-state index in [-0.39, 0.29) is 12.6 Å². The van der Waals surface area contributed by atoms with Gasteiger partial charge in [0.1, 0.15) is 0 Å². The first-order chi connectivity index (χ1) is 7.88. The number of alkyl halides is 3. The van der Waals surface area contributed by atoms with Crippen molar-refractivity contribution in [3.05, 3.63) is 0 Å². The van der Waals surface area contributed by atoms with E-state index >= 15 is 0 Å². The van der Waals surface area contributed by atoms with Crippen molar-refractivity contribution in [1.82, 2.24) is 4.90 Å². The summed E-state index contributed by atoms with van der Waals surface area (Å²) in [5.41, 5.74) is 5.58. The van der Waals surface area contributed by atoms with Crippen molar-refractivity contribution in [1.29, 1.82) is 5.26 Å². The molecule has 17 heavy (non-hydrogen) atoms. The average Bonchev–Trinajstić information content (AvgIpc) is 2.25. The van der Waals surface area contributed by atoms with Gasteiger partial charge < -0.3 is 5.73 Å². The minimum Gasteiger partial charge on any atom is -0.329 e. The Balaban J connectivity index is 2.63. The molecule has 1 aliphatic heterocycles. The van der Waals surface area contributed by atoms with Gasteiger partial charge >= 0.3 is 6.18 Å². The summed E-state index contributed by atoms with van der Waals surface area (Å²) >= 11 is 0. The molecule has 0 amide bonds. The molecule has 0 aliphatic carbocycles. The summed E-state index contributed by atoms with van der Waals surface area (Å²) < 4.78 is 37.5. The third kappa shape index (κ3) is 3.86. The molecule has 6 heteroatoms. The summed E-state index contributed by atoms with van der Waals surface area (Å²) in [6, 6.07) is 1.31. The van der Waals surface area contributed by atoms with Gasteiger partial charge in [-0.3, -0.25) is 4.90 Å². The molecule has 0 spiro atoms. The molecule has 98 valence electrons. The Labute approximate surface area is 99.4 Å². The first-order valence-corrected chi connectivity index (χ1v) is 5.79. The van der Waals surface area contributed by atoms with Crippen molar-refractivity contribution >= 4 is 0 Å². The molecule has 3 unspecified atom stereocenters. The molecule has 1 aliphatic rings. The minimum atomic E-state index is -4.45. The molecular weight excluding hydrogens is 231 g/mol. The molecule has 0 bridgehead atoms. The highest BCUT2D eigenvalue weighted by atomic mass is 19.4. The van der Waals surface area contributed by atoms with Crippen LogP contribution in [-0.2, 0) is 0 Å². The molecule has 1 rings (SSSR count). The van der Waals surface area contributed by atoms with E-state index in [4.69, 9.17) is 11.0 Å². The lowest BCUT2D eigenvalue weighted by Gasteiger charge is -2.38. The second kappa shape index (κ2) is 5.69. The number of nitriles is 1. The number of piperidine rings is 1. The summed E-state index contributed by atoms with van der Waals surface area (Å²) in [5, 5.41) is 8.58. The lowest BCUT2D eigenvalue weighted by Crippen LogP contribution is -2.49. The van der Waals surface area contributed by atoms with Crippen molar-refractivity contribution < 1.29 is 13.2 Å². The zero-order valence-electron chi connectivity index (χ0n) is 9.87. The monoisotopic (exact) mass is 249 g/mol. The van der Waals surface area contributed by atoms with Crippen molar-refractivity contribution in [3.63, 3.8) is 0 Å². The fourth-order valence-corrected chi connectivity index (χ4v) is 2.24. The van der Waals surface area contributed by atoms with Crippen molar-refractivity contribution in [3.8, 4) is 6.07 Å². The number of hydrogen-bond donors (Lipinski definition) is 1. The van der Waals surface area contributed by atoms with Crippen LogP contribution in [0.3, 0.4) is 0 Å².